The van der Waals surface area contributed by atoms with Crippen LogP contribution in [0.1, 0.15) is 11.1 Å². The molecule has 0 heterocycles. The van der Waals surface area contributed by atoms with Crippen LogP contribution in [0, 0.1) is 6.92 Å². The Morgan fingerprint density at radius 3 is 2.73 bits per heavy atom. The summed E-state index contributed by atoms with van der Waals surface area (Å²) in [7, 11) is 0. The smallest absolute Gasteiger partial charge is 0.138 e. The first kappa shape index (κ1) is 8.37. The molecule has 0 amide bonds. The first-order valence-corrected chi connectivity index (χ1v) is 3.71. The van der Waals surface area contributed by atoms with Gasteiger partial charge in [0.15, 0.2) is 0 Å². The van der Waals surface area contributed by atoms with Gasteiger partial charge >= 0.3 is 0 Å². The summed E-state index contributed by atoms with van der Waals surface area (Å²) in [5.74, 6) is 0.0970. The molecule has 0 aliphatic carbocycles. The summed E-state index contributed by atoms with van der Waals surface area (Å²) in [4.78, 5) is 0. The summed E-state index contributed by atoms with van der Waals surface area (Å²) in [6.45, 7) is 2.22. The van der Waals surface area contributed by atoms with Crippen molar-refractivity contribution < 1.29 is 5.11 Å². The molecule has 0 spiro atoms. The zero-order valence-corrected chi connectivity index (χ0v) is 7.02. The van der Waals surface area contributed by atoms with Crippen LogP contribution >= 0.6 is 11.6 Å². The Kier molecular flexibility index (Phi) is 2.37. The van der Waals surface area contributed by atoms with Crippen molar-refractivity contribution in [3.63, 3.8) is 0 Å². The van der Waals surface area contributed by atoms with E-state index in [1.807, 2.05) is 13.0 Å². The Balaban J connectivity index is 3.24. The van der Waals surface area contributed by atoms with Crippen LogP contribution in [0.5, 0.6) is 5.75 Å². The maximum absolute atomic E-state index is 9.31. The highest BCUT2D eigenvalue weighted by molar-refractivity contribution is 6.32. The number of phenols is 1. The number of rotatable bonds is 1. The van der Waals surface area contributed by atoms with Crippen molar-refractivity contribution in [2.75, 3.05) is 0 Å². The van der Waals surface area contributed by atoms with E-state index >= 15 is 0 Å². The molecule has 1 aromatic carbocycles. The molecule has 0 radical (unpaired) electrons. The van der Waals surface area contributed by atoms with E-state index < -0.39 is 0 Å². The molecule has 1 aromatic rings. The van der Waals surface area contributed by atoms with Crippen molar-refractivity contribution in [3.05, 3.63) is 28.3 Å². The van der Waals surface area contributed by atoms with Crippen LogP contribution in [-0.2, 0) is 6.54 Å². The second-order valence-corrected chi connectivity index (χ2v) is 2.87. The Morgan fingerprint density at radius 2 is 2.18 bits per heavy atom. The predicted octanol–water partition coefficient (Wildman–Crippen LogP) is 1.81. The van der Waals surface area contributed by atoms with Crippen molar-refractivity contribution in [2.24, 2.45) is 5.73 Å². The van der Waals surface area contributed by atoms with Crippen molar-refractivity contribution in [3.8, 4) is 5.75 Å². The third-order valence-corrected chi connectivity index (χ3v) is 1.79. The number of benzene rings is 1. The summed E-state index contributed by atoms with van der Waals surface area (Å²) in [6, 6.07) is 3.53. The summed E-state index contributed by atoms with van der Waals surface area (Å²) < 4.78 is 0. The molecular formula is C8H10ClNO. The summed E-state index contributed by atoms with van der Waals surface area (Å²) in [5.41, 5.74) is 7.07. The number of nitrogens with two attached hydrogens (primary N) is 1. The number of halogens is 1. The Labute approximate surface area is 70.6 Å². The first-order chi connectivity index (χ1) is 5.15. The van der Waals surface area contributed by atoms with E-state index in [0.29, 0.717) is 17.1 Å². The van der Waals surface area contributed by atoms with Crippen LogP contribution in [0.25, 0.3) is 0 Å². The lowest BCUT2D eigenvalue weighted by atomic mass is 10.1. The average molecular weight is 172 g/mol. The highest BCUT2D eigenvalue weighted by Crippen LogP contribution is 2.28. The molecule has 60 valence electrons. The maximum Gasteiger partial charge on any atom is 0.138 e. The van der Waals surface area contributed by atoms with Gasteiger partial charge < -0.3 is 10.8 Å². The van der Waals surface area contributed by atoms with E-state index in [1.54, 1.807) is 6.07 Å². The summed E-state index contributed by atoms with van der Waals surface area (Å²) in [5, 5.41) is 9.68. The van der Waals surface area contributed by atoms with Crippen molar-refractivity contribution >= 4 is 11.6 Å². The third-order valence-electron chi connectivity index (χ3n) is 1.51. The van der Waals surface area contributed by atoms with E-state index in [4.69, 9.17) is 17.3 Å². The monoisotopic (exact) mass is 171 g/mol. The minimum atomic E-state index is 0.0970. The van der Waals surface area contributed by atoms with Gasteiger partial charge in [-0.1, -0.05) is 17.7 Å². The average Bonchev–Trinajstić information content (AvgIpc) is 1.96. The first-order valence-electron chi connectivity index (χ1n) is 3.33. The normalized spacial score (nSPS) is 10.1. The third kappa shape index (κ3) is 1.64. The van der Waals surface area contributed by atoms with Gasteiger partial charge in [0, 0.05) is 12.1 Å². The molecule has 0 bridgehead atoms. The standard InChI is InChI=1S/C8H10ClNO/c1-5-2-6(4-10)8(11)7(9)3-5/h2-3,11H,4,10H2,1H3. The van der Waals surface area contributed by atoms with E-state index in [-0.39, 0.29) is 5.75 Å². The van der Waals surface area contributed by atoms with Crippen molar-refractivity contribution in [1.82, 2.24) is 0 Å². The van der Waals surface area contributed by atoms with Crippen LogP contribution in [0.2, 0.25) is 5.02 Å². The molecule has 2 nitrogen and oxygen atoms in total. The summed E-state index contributed by atoms with van der Waals surface area (Å²) >= 11 is 5.69. The highest BCUT2D eigenvalue weighted by Gasteiger charge is 2.04. The lowest BCUT2D eigenvalue weighted by molar-refractivity contribution is 0.468. The molecular weight excluding hydrogens is 162 g/mol. The minimum Gasteiger partial charge on any atom is -0.506 e. The topological polar surface area (TPSA) is 46.2 Å². The van der Waals surface area contributed by atoms with Gasteiger partial charge in [-0.05, 0) is 18.6 Å². The van der Waals surface area contributed by atoms with Gasteiger partial charge in [0.2, 0.25) is 0 Å². The number of aryl methyl sites for hydroxylation is 1. The van der Waals surface area contributed by atoms with Gasteiger partial charge in [0.05, 0.1) is 5.02 Å². The minimum absolute atomic E-state index is 0.0970. The van der Waals surface area contributed by atoms with Crippen LogP contribution in [-0.4, -0.2) is 5.11 Å². The van der Waals surface area contributed by atoms with Gasteiger partial charge in [0.1, 0.15) is 5.75 Å². The van der Waals surface area contributed by atoms with E-state index in [9.17, 15) is 5.11 Å². The highest BCUT2D eigenvalue weighted by atomic mass is 35.5. The molecule has 0 saturated heterocycles. The zero-order valence-electron chi connectivity index (χ0n) is 6.26. The number of hydrogen-bond donors (Lipinski definition) is 2. The molecule has 0 aliphatic rings. The number of hydrogen-bond acceptors (Lipinski definition) is 2. The van der Waals surface area contributed by atoms with E-state index in [0.717, 1.165) is 5.56 Å². The van der Waals surface area contributed by atoms with Crippen LogP contribution in [0.4, 0.5) is 0 Å². The van der Waals surface area contributed by atoms with Gasteiger partial charge in [-0.15, -0.1) is 0 Å². The molecule has 11 heavy (non-hydrogen) atoms. The Morgan fingerprint density at radius 1 is 1.55 bits per heavy atom. The van der Waals surface area contributed by atoms with E-state index in [1.165, 1.54) is 0 Å². The molecule has 0 atom stereocenters. The number of aromatic hydroxyl groups is 1. The van der Waals surface area contributed by atoms with Gasteiger partial charge in [-0.3, -0.25) is 0 Å². The zero-order chi connectivity index (χ0) is 8.43. The molecule has 3 N–H and O–H groups in total. The van der Waals surface area contributed by atoms with E-state index in [2.05, 4.69) is 0 Å². The summed E-state index contributed by atoms with van der Waals surface area (Å²) in [6.07, 6.45) is 0. The largest absolute Gasteiger partial charge is 0.506 e. The van der Waals surface area contributed by atoms with Gasteiger partial charge in [-0.2, -0.15) is 0 Å². The number of phenolic OH excluding ortho intramolecular Hbond substituents is 1. The SMILES string of the molecule is Cc1cc(Cl)c(O)c(CN)c1. The molecule has 0 fully saturated rings. The molecule has 1 rings (SSSR count). The lowest BCUT2D eigenvalue weighted by Crippen LogP contribution is -1.97. The Hall–Kier alpha value is -0.730. The fourth-order valence-corrected chi connectivity index (χ4v) is 1.26. The van der Waals surface area contributed by atoms with Crippen LogP contribution < -0.4 is 5.73 Å². The van der Waals surface area contributed by atoms with Crippen molar-refractivity contribution in [2.45, 2.75) is 13.5 Å². The second-order valence-electron chi connectivity index (χ2n) is 2.46. The molecule has 0 saturated carbocycles. The quantitative estimate of drug-likeness (QED) is 0.677. The van der Waals surface area contributed by atoms with Gasteiger partial charge in [0.25, 0.3) is 0 Å². The fourth-order valence-electron chi connectivity index (χ4n) is 0.962. The molecule has 0 aromatic heterocycles. The lowest BCUT2D eigenvalue weighted by Gasteiger charge is -2.04. The van der Waals surface area contributed by atoms with Crippen LogP contribution in [0.3, 0.4) is 0 Å². The second kappa shape index (κ2) is 3.11. The maximum atomic E-state index is 9.31. The predicted molar refractivity (Wildman–Crippen MR) is 45.7 cm³/mol. The van der Waals surface area contributed by atoms with Gasteiger partial charge in [-0.25, -0.2) is 0 Å². The molecule has 0 aliphatic heterocycles. The van der Waals surface area contributed by atoms with Crippen molar-refractivity contribution in [1.29, 1.82) is 0 Å². The fraction of sp³-hybridized carbons (Fsp3) is 0.250. The molecule has 0 unspecified atom stereocenters. The van der Waals surface area contributed by atoms with Crippen LogP contribution in [0.15, 0.2) is 12.1 Å². The molecule has 3 heteroatoms. The Bertz CT molecular complexity index is 273.